The minimum atomic E-state index is -4.56. The molecule has 1 saturated heterocycles. The van der Waals surface area contributed by atoms with E-state index >= 15 is 0 Å². The minimum absolute atomic E-state index is 0.147. The highest BCUT2D eigenvalue weighted by atomic mass is 19.4. The standard InChI is InChI=1S/C30H28F4N6O4/c1-16-4-7-27(44-15-30(32,33)34)37-23(16)10-26(42)25-9-21(31)13-39(25)28(43)14-40-24-6-5-19(20-11-35-18(3)36-12-20)8-22(24)29(38-40)17(2)41/h4-8,11-12,21,25H,9-10,13-15H2,1-3H3/t21-,25+/m1/s1. The van der Waals surface area contributed by atoms with E-state index in [0.717, 1.165) is 16.0 Å². The van der Waals surface area contributed by atoms with Crippen LogP contribution in [0.4, 0.5) is 17.6 Å². The van der Waals surface area contributed by atoms with Crippen LogP contribution in [0.3, 0.4) is 0 Å². The number of amides is 1. The van der Waals surface area contributed by atoms with Crippen molar-refractivity contribution in [1.82, 2.24) is 29.6 Å². The highest BCUT2D eigenvalue weighted by Crippen LogP contribution is 2.28. The van der Waals surface area contributed by atoms with Crippen LogP contribution in [-0.2, 0) is 22.6 Å². The van der Waals surface area contributed by atoms with Gasteiger partial charge >= 0.3 is 6.18 Å². The molecule has 2 atom stereocenters. The number of hydrogen-bond acceptors (Lipinski definition) is 8. The topological polar surface area (TPSA) is 120 Å². The van der Waals surface area contributed by atoms with E-state index in [-0.39, 0.29) is 49.0 Å². The molecule has 0 aliphatic carbocycles. The number of ether oxygens (including phenoxy) is 1. The molecule has 1 aliphatic heterocycles. The molecule has 230 valence electrons. The van der Waals surface area contributed by atoms with Gasteiger partial charge in [-0.25, -0.2) is 19.3 Å². The van der Waals surface area contributed by atoms with Crippen molar-refractivity contribution in [2.75, 3.05) is 13.2 Å². The van der Waals surface area contributed by atoms with E-state index in [1.54, 1.807) is 44.4 Å². The highest BCUT2D eigenvalue weighted by Gasteiger charge is 2.40. The van der Waals surface area contributed by atoms with Gasteiger partial charge in [0.25, 0.3) is 0 Å². The number of hydrogen-bond donors (Lipinski definition) is 0. The molecule has 0 bridgehead atoms. The third kappa shape index (κ3) is 6.74. The van der Waals surface area contributed by atoms with Gasteiger partial charge in [0.15, 0.2) is 18.2 Å². The van der Waals surface area contributed by atoms with Crippen LogP contribution in [0.1, 0.15) is 40.9 Å². The second-order valence-corrected chi connectivity index (χ2v) is 10.7. The van der Waals surface area contributed by atoms with E-state index in [1.165, 1.54) is 23.7 Å². The Balaban J connectivity index is 1.36. The van der Waals surface area contributed by atoms with Gasteiger partial charge in [0.1, 0.15) is 24.2 Å². The Bertz CT molecular complexity index is 1740. The summed E-state index contributed by atoms with van der Waals surface area (Å²) in [4.78, 5) is 52.8. The molecule has 0 saturated carbocycles. The van der Waals surface area contributed by atoms with E-state index in [0.29, 0.717) is 22.3 Å². The predicted octanol–water partition coefficient (Wildman–Crippen LogP) is 4.40. The molecule has 0 spiro atoms. The molecule has 1 aliphatic rings. The summed E-state index contributed by atoms with van der Waals surface area (Å²) in [6, 6.07) is 6.88. The first-order chi connectivity index (χ1) is 20.8. The van der Waals surface area contributed by atoms with Crippen molar-refractivity contribution >= 4 is 28.4 Å². The van der Waals surface area contributed by atoms with Gasteiger partial charge in [-0.05, 0) is 37.1 Å². The van der Waals surface area contributed by atoms with Crippen molar-refractivity contribution < 1.29 is 36.7 Å². The van der Waals surface area contributed by atoms with Crippen molar-refractivity contribution in [2.45, 2.75) is 58.5 Å². The lowest BCUT2D eigenvalue weighted by molar-refractivity contribution is -0.154. The number of pyridine rings is 1. The second kappa shape index (κ2) is 12.1. The number of carbonyl (C=O) groups is 3. The molecule has 1 amide bonds. The Hall–Kier alpha value is -4.75. The summed E-state index contributed by atoms with van der Waals surface area (Å²) in [5, 5.41) is 4.88. The van der Waals surface area contributed by atoms with Crippen molar-refractivity contribution in [3.05, 3.63) is 65.5 Å². The smallest absolute Gasteiger partial charge is 0.422 e. The maximum absolute atomic E-state index is 14.6. The Morgan fingerprint density at radius 2 is 1.77 bits per heavy atom. The number of nitrogens with zero attached hydrogens (tertiary/aromatic N) is 6. The van der Waals surface area contributed by atoms with E-state index in [2.05, 4.69) is 20.1 Å². The summed E-state index contributed by atoms with van der Waals surface area (Å²) in [7, 11) is 0. The Labute approximate surface area is 249 Å². The number of benzene rings is 1. The number of likely N-dealkylation sites (tertiary alicyclic amines) is 1. The molecule has 44 heavy (non-hydrogen) atoms. The Morgan fingerprint density at radius 1 is 1.05 bits per heavy atom. The number of halogens is 4. The van der Waals surface area contributed by atoms with Gasteiger partial charge < -0.3 is 9.64 Å². The number of Topliss-reactive ketones (excluding diaryl/α,β-unsaturated/α-hetero) is 2. The summed E-state index contributed by atoms with van der Waals surface area (Å²) in [6.45, 7) is 2.54. The van der Waals surface area contributed by atoms with Gasteiger partial charge in [-0.1, -0.05) is 12.1 Å². The van der Waals surface area contributed by atoms with Crippen LogP contribution in [-0.4, -0.2) is 78.6 Å². The zero-order chi connectivity index (χ0) is 31.8. The first-order valence-electron chi connectivity index (χ1n) is 13.7. The molecule has 1 aromatic carbocycles. The largest absolute Gasteiger partial charge is 0.468 e. The highest BCUT2D eigenvalue weighted by molar-refractivity contribution is 6.06. The molecule has 4 heterocycles. The monoisotopic (exact) mass is 612 g/mol. The Kier molecular flexibility index (Phi) is 8.44. The first-order valence-corrected chi connectivity index (χ1v) is 13.7. The number of fused-ring (bicyclic) bond motifs is 1. The zero-order valence-electron chi connectivity index (χ0n) is 24.1. The molecule has 0 N–H and O–H groups in total. The summed E-state index contributed by atoms with van der Waals surface area (Å²) < 4.78 is 58.4. The van der Waals surface area contributed by atoms with Crippen molar-refractivity contribution in [3.63, 3.8) is 0 Å². The third-order valence-electron chi connectivity index (χ3n) is 7.33. The minimum Gasteiger partial charge on any atom is -0.468 e. The molecular weight excluding hydrogens is 584 g/mol. The van der Waals surface area contributed by atoms with Crippen molar-refractivity contribution in [1.29, 1.82) is 0 Å². The summed E-state index contributed by atoms with van der Waals surface area (Å²) >= 11 is 0. The lowest BCUT2D eigenvalue weighted by Crippen LogP contribution is -2.43. The molecule has 1 fully saturated rings. The van der Waals surface area contributed by atoms with Gasteiger partial charge in [0, 0.05) is 42.8 Å². The fourth-order valence-corrected chi connectivity index (χ4v) is 5.11. The van der Waals surface area contributed by atoms with Crippen LogP contribution in [0.25, 0.3) is 22.0 Å². The van der Waals surface area contributed by atoms with E-state index in [4.69, 9.17) is 4.74 Å². The van der Waals surface area contributed by atoms with Crippen molar-refractivity contribution in [2.24, 2.45) is 0 Å². The normalized spacial score (nSPS) is 16.8. The van der Waals surface area contributed by atoms with Crippen LogP contribution in [0.5, 0.6) is 5.88 Å². The number of rotatable bonds is 9. The zero-order valence-corrected chi connectivity index (χ0v) is 24.1. The average molecular weight is 613 g/mol. The van der Waals surface area contributed by atoms with Crippen LogP contribution in [0, 0.1) is 13.8 Å². The second-order valence-electron chi connectivity index (χ2n) is 10.7. The molecule has 0 unspecified atom stereocenters. The molecule has 14 heteroatoms. The van der Waals surface area contributed by atoms with Gasteiger partial charge in [-0.2, -0.15) is 18.3 Å². The molecule has 0 radical (unpaired) electrons. The van der Waals surface area contributed by atoms with Crippen LogP contribution in [0.15, 0.2) is 42.7 Å². The SMILES string of the molecule is CC(=O)c1nn(CC(=O)N2C[C@H](F)C[C@H]2C(=O)Cc2nc(OCC(F)(F)F)ccc2C)c2ccc(-c3cnc(C)nc3)cc12. The van der Waals surface area contributed by atoms with Gasteiger partial charge in [-0.15, -0.1) is 0 Å². The lowest BCUT2D eigenvalue weighted by atomic mass is 10.0. The van der Waals surface area contributed by atoms with Crippen molar-refractivity contribution in [3.8, 4) is 17.0 Å². The average Bonchev–Trinajstić information content (AvgIpc) is 3.54. The van der Waals surface area contributed by atoms with E-state index < -0.39 is 36.7 Å². The van der Waals surface area contributed by atoms with Gasteiger partial charge in [0.05, 0.1) is 30.2 Å². The lowest BCUT2D eigenvalue weighted by Gasteiger charge is -2.23. The summed E-state index contributed by atoms with van der Waals surface area (Å²) in [6.07, 6.45) is -3.26. The third-order valence-corrected chi connectivity index (χ3v) is 7.33. The van der Waals surface area contributed by atoms with Crippen LogP contribution >= 0.6 is 0 Å². The molecule has 4 aromatic rings. The van der Waals surface area contributed by atoms with E-state index in [9.17, 15) is 31.9 Å². The van der Waals surface area contributed by atoms with Gasteiger partial charge in [0.2, 0.25) is 11.8 Å². The first kappa shape index (κ1) is 30.7. The van der Waals surface area contributed by atoms with Gasteiger partial charge in [-0.3, -0.25) is 19.1 Å². The molecule has 3 aromatic heterocycles. The van der Waals surface area contributed by atoms with E-state index in [1.807, 2.05) is 0 Å². The van der Waals surface area contributed by atoms with Crippen LogP contribution < -0.4 is 4.74 Å². The number of alkyl halides is 4. The predicted molar refractivity (Wildman–Crippen MR) is 150 cm³/mol. The quantitative estimate of drug-likeness (QED) is 0.202. The maximum atomic E-state index is 14.6. The maximum Gasteiger partial charge on any atom is 0.422 e. The fraction of sp³-hybridized carbons (Fsp3) is 0.367. The summed E-state index contributed by atoms with van der Waals surface area (Å²) in [5.74, 6) is -1.10. The number of aryl methyl sites for hydroxylation is 2. The molecule has 5 rings (SSSR count). The molecule has 10 nitrogen and oxygen atoms in total. The number of aromatic nitrogens is 5. The molecular formula is C30H28F4N6O4. The fourth-order valence-electron chi connectivity index (χ4n) is 5.11. The Morgan fingerprint density at radius 3 is 2.45 bits per heavy atom. The number of carbonyl (C=O) groups excluding carboxylic acids is 3. The number of ketones is 2. The van der Waals surface area contributed by atoms with Crippen LogP contribution in [0.2, 0.25) is 0 Å². The summed E-state index contributed by atoms with van der Waals surface area (Å²) in [5.41, 5.74) is 2.81.